The van der Waals surface area contributed by atoms with E-state index in [0.717, 1.165) is 24.0 Å². The van der Waals surface area contributed by atoms with Crippen molar-refractivity contribution in [2.45, 2.75) is 38.3 Å². The predicted molar refractivity (Wildman–Crippen MR) is 136 cm³/mol. The number of carbonyl (C=O) groups is 1. The Labute approximate surface area is 210 Å². The van der Waals surface area contributed by atoms with Crippen LogP contribution in [0.1, 0.15) is 45.8 Å². The van der Waals surface area contributed by atoms with Gasteiger partial charge in [-0.15, -0.1) is 0 Å². The molecular weight excluding hydrogens is 457 g/mol. The molecule has 1 aliphatic heterocycles. The molecule has 1 aliphatic carbocycles. The number of nitro benzene ring substituents is 1. The van der Waals surface area contributed by atoms with Gasteiger partial charge in [-0.25, -0.2) is 4.39 Å². The highest BCUT2D eigenvalue weighted by molar-refractivity contribution is 5.94. The Morgan fingerprint density at radius 3 is 2.50 bits per heavy atom. The molecule has 2 unspecified atom stereocenters. The Morgan fingerprint density at radius 1 is 1.06 bits per heavy atom. The Balaban J connectivity index is 1.40. The predicted octanol–water partition coefficient (Wildman–Crippen LogP) is 5.56. The van der Waals surface area contributed by atoms with Crippen LogP contribution >= 0.6 is 0 Å². The van der Waals surface area contributed by atoms with Gasteiger partial charge in [0.25, 0.3) is 11.6 Å². The summed E-state index contributed by atoms with van der Waals surface area (Å²) in [4.78, 5) is 29.0. The second-order valence-corrected chi connectivity index (χ2v) is 10.1. The number of amides is 1. The Kier molecular flexibility index (Phi) is 6.83. The van der Waals surface area contributed by atoms with E-state index in [2.05, 4.69) is 4.90 Å². The van der Waals surface area contributed by atoms with Gasteiger partial charge in [0.1, 0.15) is 5.82 Å². The van der Waals surface area contributed by atoms with E-state index in [4.69, 9.17) is 0 Å². The lowest BCUT2D eigenvalue weighted by molar-refractivity contribution is -0.385. The number of likely N-dealkylation sites (tertiary alicyclic amines) is 1. The number of carbonyl (C=O) groups excluding carboxylic acids is 1. The molecule has 3 aromatic carbocycles. The van der Waals surface area contributed by atoms with Gasteiger partial charge in [-0.05, 0) is 55.5 Å². The third kappa shape index (κ3) is 5.31. The van der Waals surface area contributed by atoms with Crippen LogP contribution in [0.5, 0.6) is 0 Å². The molecule has 1 amide bonds. The molecule has 0 N–H and O–H groups in total. The van der Waals surface area contributed by atoms with Gasteiger partial charge in [-0.3, -0.25) is 19.8 Å². The minimum atomic E-state index is -0.338. The molecule has 2 fully saturated rings. The van der Waals surface area contributed by atoms with Gasteiger partial charge in [-0.2, -0.15) is 0 Å². The van der Waals surface area contributed by atoms with Gasteiger partial charge in [0, 0.05) is 55.3 Å². The minimum Gasteiger partial charge on any atom is -0.335 e. The zero-order valence-electron chi connectivity index (χ0n) is 20.3. The van der Waals surface area contributed by atoms with Crippen molar-refractivity contribution in [3.8, 4) is 0 Å². The summed E-state index contributed by atoms with van der Waals surface area (Å²) in [6.07, 6.45) is 2.01. The molecule has 2 atom stereocenters. The Morgan fingerprint density at radius 2 is 1.81 bits per heavy atom. The summed E-state index contributed by atoms with van der Waals surface area (Å²) in [5.74, 6) is 0.00279. The van der Waals surface area contributed by atoms with Crippen molar-refractivity contribution >= 4 is 11.6 Å². The van der Waals surface area contributed by atoms with E-state index >= 15 is 0 Å². The standard InChI is InChI=1S/C29H30FN3O3/c1-20-5-4-7-22(15-20)29(34)32(26-13-14-26)18-24-17-31(16-23-6-2-3-8-28(23)33(35)36)19-27(24)21-9-11-25(30)12-10-21/h2-12,15,24,26-27H,13-14,16-19H2,1H3. The lowest BCUT2D eigenvalue weighted by Gasteiger charge is -2.29. The summed E-state index contributed by atoms with van der Waals surface area (Å²) in [5, 5.41) is 11.5. The van der Waals surface area contributed by atoms with Gasteiger partial charge < -0.3 is 4.90 Å². The molecule has 1 saturated heterocycles. The lowest BCUT2D eigenvalue weighted by Crippen LogP contribution is -2.39. The van der Waals surface area contributed by atoms with Crippen LogP contribution in [-0.2, 0) is 6.54 Å². The zero-order valence-corrected chi connectivity index (χ0v) is 20.3. The van der Waals surface area contributed by atoms with Crippen molar-refractivity contribution in [2.24, 2.45) is 5.92 Å². The fourth-order valence-electron chi connectivity index (χ4n) is 5.41. The van der Waals surface area contributed by atoms with E-state index in [1.54, 1.807) is 12.1 Å². The SMILES string of the molecule is Cc1cccc(C(=O)N(CC2CN(Cc3ccccc3[N+](=O)[O-])CC2c2ccc(F)cc2)C2CC2)c1. The van der Waals surface area contributed by atoms with Crippen LogP contribution in [0.25, 0.3) is 0 Å². The third-order valence-electron chi connectivity index (χ3n) is 7.34. The first-order valence-electron chi connectivity index (χ1n) is 12.5. The van der Waals surface area contributed by atoms with Gasteiger partial charge in [0.15, 0.2) is 0 Å². The molecule has 3 aromatic rings. The van der Waals surface area contributed by atoms with Crippen LogP contribution in [0.2, 0.25) is 0 Å². The number of halogens is 1. The van der Waals surface area contributed by atoms with E-state index in [1.165, 1.54) is 18.2 Å². The highest BCUT2D eigenvalue weighted by Crippen LogP contribution is 2.38. The molecule has 0 spiro atoms. The van der Waals surface area contributed by atoms with Crippen molar-refractivity contribution < 1.29 is 14.1 Å². The Bertz CT molecular complexity index is 1260. The van der Waals surface area contributed by atoms with Crippen LogP contribution in [0.4, 0.5) is 10.1 Å². The maximum atomic E-state index is 13.7. The summed E-state index contributed by atoms with van der Waals surface area (Å²) in [7, 11) is 0. The quantitative estimate of drug-likeness (QED) is 0.308. The molecule has 5 rings (SSSR count). The molecule has 0 bridgehead atoms. The summed E-state index contributed by atoms with van der Waals surface area (Å²) in [5.41, 5.74) is 3.59. The number of hydrogen-bond acceptors (Lipinski definition) is 4. The van der Waals surface area contributed by atoms with Crippen LogP contribution in [-0.4, -0.2) is 46.3 Å². The van der Waals surface area contributed by atoms with E-state index in [-0.39, 0.29) is 40.2 Å². The van der Waals surface area contributed by atoms with Gasteiger partial charge in [0.2, 0.25) is 0 Å². The number of rotatable bonds is 8. The van der Waals surface area contributed by atoms with Crippen molar-refractivity contribution in [1.29, 1.82) is 0 Å². The number of aryl methyl sites for hydroxylation is 1. The fourth-order valence-corrected chi connectivity index (χ4v) is 5.41. The fraction of sp³-hybridized carbons (Fsp3) is 0.345. The topological polar surface area (TPSA) is 66.7 Å². The number of benzene rings is 3. The van der Waals surface area contributed by atoms with Crippen molar-refractivity contribution in [3.63, 3.8) is 0 Å². The normalized spacial score (nSPS) is 19.8. The van der Waals surface area contributed by atoms with E-state index in [1.807, 2.05) is 54.3 Å². The molecule has 36 heavy (non-hydrogen) atoms. The van der Waals surface area contributed by atoms with E-state index < -0.39 is 0 Å². The largest absolute Gasteiger partial charge is 0.335 e. The van der Waals surface area contributed by atoms with E-state index in [9.17, 15) is 19.3 Å². The van der Waals surface area contributed by atoms with Crippen LogP contribution in [0.15, 0.2) is 72.8 Å². The smallest absolute Gasteiger partial charge is 0.273 e. The monoisotopic (exact) mass is 487 g/mol. The lowest BCUT2D eigenvalue weighted by atomic mass is 9.88. The van der Waals surface area contributed by atoms with Crippen molar-refractivity contribution in [2.75, 3.05) is 19.6 Å². The number of nitrogens with zero attached hydrogens (tertiary/aromatic N) is 3. The summed E-state index contributed by atoms with van der Waals surface area (Å²) >= 11 is 0. The second kappa shape index (κ2) is 10.2. The zero-order chi connectivity index (χ0) is 25.2. The van der Waals surface area contributed by atoms with Gasteiger partial charge >= 0.3 is 0 Å². The molecule has 7 heteroatoms. The third-order valence-corrected chi connectivity index (χ3v) is 7.34. The first kappa shape index (κ1) is 24.1. The average molecular weight is 488 g/mol. The van der Waals surface area contributed by atoms with Crippen LogP contribution in [0.3, 0.4) is 0 Å². The molecule has 1 saturated carbocycles. The number of hydrogen-bond donors (Lipinski definition) is 0. The van der Waals surface area contributed by atoms with Crippen molar-refractivity contribution in [3.05, 3.63) is 111 Å². The number of nitro groups is 1. The summed E-state index contributed by atoms with van der Waals surface area (Å²) < 4.78 is 13.7. The Hall–Kier alpha value is -3.58. The van der Waals surface area contributed by atoms with Gasteiger partial charge in [-0.1, -0.05) is 48.0 Å². The molecular formula is C29H30FN3O3. The molecule has 1 heterocycles. The second-order valence-electron chi connectivity index (χ2n) is 10.1. The summed E-state index contributed by atoms with van der Waals surface area (Å²) in [6.45, 7) is 4.45. The van der Waals surface area contributed by atoms with Crippen molar-refractivity contribution in [1.82, 2.24) is 9.80 Å². The average Bonchev–Trinajstić information content (AvgIpc) is 3.64. The molecule has 2 aliphatic rings. The van der Waals surface area contributed by atoms with Crippen LogP contribution in [0, 0.1) is 28.8 Å². The molecule has 6 nitrogen and oxygen atoms in total. The van der Waals surface area contributed by atoms with Crippen LogP contribution < -0.4 is 0 Å². The highest BCUT2D eigenvalue weighted by Gasteiger charge is 2.40. The molecule has 0 radical (unpaired) electrons. The maximum Gasteiger partial charge on any atom is 0.273 e. The highest BCUT2D eigenvalue weighted by atomic mass is 19.1. The molecule has 186 valence electrons. The number of para-hydroxylation sites is 1. The van der Waals surface area contributed by atoms with Gasteiger partial charge in [0.05, 0.1) is 4.92 Å². The summed E-state index contributed by atoms with van der Waals surface area (Å²) in [6, 6.07) is 21.4. The van der Waals surface area contributed by atoms with E-state index in [0.29, 0.717) is 37.3 Å². The first-order chi connectivity index (χ1) is 17.4. The minimum absolute atomic E-state index is 0.0520. The maximum absolute atomic E-state index is 13.7. The molecule has 0 aromatic heterocycles. The first-order valence-corrected chi connectivity index (χ1v) is 12.5.